The van der Waals surface area contributed by atoms with Gasteiger partial charge in [0.05, 0.1) is 31.1 Å². The van der Waals surface area contributed by atoms with E-state index in [0.29, 0.717) is 43.6 Å². The maximum atomic E-state index is 12.3. The Kier molecular flexibility index (Phi) is 9.55. The summed E-state index contributed by atoms with van der Waals surface area (Å²) in [6.07, 6.45) is 3.58. The first-order chi connectivity index (χ1) is 18.4. The van der Waals surface area contributed by atoms with E-state index in [1.54, 1.807) is 22.6 Å². The Morgan fingerprint density at radius 1 is 1.18 bits per heavy atom. The van der Waals surface area contributed by atoms with Gasteiger partial charge in [-0.3, -0.25) is 9.48 Å². The fourth-order valence-corrected chi connectivity index (χ4v) is 4.75. The normalized spacial score (nSPS) is 15.2. The average Bonchev–Trinajstić information content (AvgIpc) is 3.32. The molecule has 11 nitrogen and oxygen atoms in total. The van der Waals surface area contributed by atoms with Gasteiger partial charge in [-0.2, -0.15) is 16.9 Å². The highest BCUT2D eigenvalue weighted by molar-refractivity contribution is 7.98. The summed E-state index contributed by atoms with van der Waals surface area (Å²) < 4.78 is 7.31. The minimum Gasteiger partial charge on any atom is -0.377 e. The fourth-order valence-electron chi connectivity index (χ4n) is 4.00. The van der Waals surface area contributed by atoms with Gasteiger partial charge in [0, 0.05) is 74.2 Å². The molecule has 0 saturated carbocycles. The van der Waals surface area contributed by atoms with Gasteiger partial charge >= 0.3 is 6.03 Å². The summed E-state index contributed by atoms with van der Waals surface area (Å²) in [4.78, 5) is 35.4. The van der Waals surface area contributed by atoms with Crippen molar-refractivity contribution < 1.29 is 14.3 Å². The molecule has 0 spiro atoms. The molecule has 3 N–H and O–H groups in total. The minimum atomic E-state index is -0.292. The Balaban J connectivity index is 1.44. The van der Waals surface area contributed by atoms with Crippen LogP contribution in [0.3, 0.4) is 0 Å². The predicted octanol–water partition coefficient (Wildman–Crippen LogP) is 2.79. The third-order valence-electron chi connectivity index (χ3n) is 5.91. The molecular formula is C26H34N8O3S. The van der Waals surface area contributed by atoms with Crippen LogP contribution in [0.15, 0.2) is 42.7 Å². The van der Waals surface area contributed by atoms with E-state index in [1.165, 1.54) is 6.92 Å². The van der Waals surface area contributed by atoms with E-state index >= 15 is 0 Å². The lowest BCUT2D eigenvalue weighted by molar-refractivity contribution is -0.118. The van der Waals surface area contributed by atoms with Crippen LogP contribution in [-0.2, 0) is 28.9 Å². The molecule has 1 atom stereocenters. The number of carbonyl (C=O) groups excluding carboxylic acids is 2. The van der Waals surface area contributed by atoms with Gasteiger partial charge in [0.1, 0.15) is 5.82 Å². The number of rotatable bonds is 10. The first kappa shape index (κ1) is 27.4. The number of aryl methyl sites for hydroxylation is 1. The maximum Gasteiger partial charge on any atom is 0.319 e. The lowest BCUT2D eigenvalue weighted by Gasteiger charge is -2.34. The number of carbonyl (C=O) groups is 2. The van der Waals surface area contributed by atoms with Crippen molar-refractivity contribution in [1.82, 2.24) is 30.4 Å². The van der Waals surface area contributed by atoms with Gasteiger partial charge in [0.2, 0.25) is 5.91 Å². The van der Waals surface area contributed by atoms with Crippen LogP contribution in [0.5, 0.6) is 0 Å². The van der Waals surface area contributed by atoms with E-state index in [0.717, 1.165) is 34.9 Å². The molecule has 4 rings (SSSR count). The third kappa shape index (κ3) is 7.93. The molecule has 0 radical (unpaired) electrons. The molecule has 3 amide bonds. The number of hydrogen-bond acceptors (Lipinski definition) is 8. The average molecular weight is 539 g/mol. The summed E-state index contributed by atoms with van der Waals surface area (Å²) in [5, 5.41) is 12.6. The number of nitrogens with one attached hydrogen (secondary N) is 3. The third-order valence-corrected chi connectivity index (χ3v) is 6.90. The van der Waals surface area contributed by atoms with Crippen molar-refractivity contribution in [3.05, 3.63) is 54.0 Å². The van der Waals surface area contributed by atoms with Crippen molar-refractivity contribution in [2.75, 3.05) is 42.3 Å². The number of nitrogens with zero attached hydrogens (tertiary/aromatic N) is 5. The van der Waals surface area contributed by atoms with Gasteiger partial charge in [0.15, 0.2) is 5.82 Å². The van der Waals surface area contributed by atoms with E-state index in [9.17, 15) is 9.59 Å². The van der Waals surface area contributed by atoms with Crippen LogP contribution in [0.4, 0.5) is 16.3 Å². The Labute approximate surface area is 226 Å². The molecule has 12 heteroatoms. The quantitative estimate of drug-likeness (QED) is 0.337. The smallest absolute Gasteiger partial charge is 0.319 e. The predicted molar refractivity (Wildman–Crippen MR) is 149 cm³/mol. The Morgan fingerprint density at radius 2 is 2.00 bits per heavy atom. The first-order valence-electron chi connectivity index (χ1n) is 12.5. The largest absolute Gasteiger partial charge is 0.377 e. The van der Waals surface area contributed by atoms with Crippen LogP contribution < -0.4 is 20.9 Å². The van der Waals surface area contributed by atoms with Crippen molar-refractivity contribution in [3.63, 3.8) is 0 Å². The molecule has 1 aromatic carbocycles. The van der Waals surface area contributed by atoms with E-state index in [-0.39, 0.29) is 18.0 Å². The van der Waals surface area contributed by atoms with Gasteiger partial charge in [-0.25, -0.2) is 14.8 Å². The van der Waals surface area contributed by atoms with E-state index in [1.807, 2.05) is 43.6 Å². The van der Waals surface area contributed by atoms with Crippen LogP contribution in [0, 0.1) is 0 Å². The van der Waals surface area contributed by atoms with Gasteiger partial charge < -0.3 is 25.6 Å². The number of thioether (sulfide) groups is 1. The molecule has 1 fully saturated rings. The van der Waals surface area contributed by atoms with Crippen molar-refractivity contribution in [2.45, 2.75) is 32.2 Å². The summed E-state index contributed by atoms with van der Waals surface area (Å²) >= 11 is 1.71. The Hall–Kier alpha value is -3.64. The van der Waals surface area contributed by atoms with Crippen LogP contribution >= 0.6 is 11.8 Å². The molecular weight excluding hydrogens is 504 g/mol. The summed E-state index contributed by atoms with van der Waals surface area (Å²) in [5.41, 5.74) is 3.38. The second-order valence-corrected chi connectivity index (χ2v) is 10.2. The fraction of sp³-hybridized carbons (Fsp3) is 0.423. The van der Waals surface area contributed by atoms with Gasteiger partial charge in [-0.05, 0) is 31.2 Å². The zero-order chi connectivity index (χ0) is 26.9. The highest BCUT2D eigenvalue weighted by Crippen LogP contribution is 2.25. The SMILES string of the molecule is CC(=O)NCCSCc1cc(N2CCOC[C@@H]2C)nc(-c2ccc(NC(=O)NCc3cnn(C)c3)cc2)n1. The number of hydrogen-bond donors (Lipinski definition) is 3. The number of urea groups is 1. The zero-order valence-electron chi connectivity index (χ0n) is 21.9. The van der Waals surface area contributed by atoms with Crippen LogP contribution in [-0.4, -0.2) is 69.8 Å². The molecule has 0 aliphatic carbocycles. The monoisotopic (exact) mass is 538 g/mol. The van der Waals surface area contributed by atoms with Gasteiger partial charge in [-0.1, -0.05) is 0 Å². The van der Waals surface area contributed by atoms with Crippen molar-refractivity contribution in [2.24, 2.45) is 7.05 Å². The lowest BCUT2D eigenvalue weighted by atomic mass is 10.2. The van der Waals surface area contributed by atoms with Crippen LogP contribution in [0.2, 0.25) is 0 Å². The highest BCUT2D eigenvalue weighted by Gasteiger charge is 2.22. The molecule has 0 unspecified atom stereocenters. The number of ether oxygens (including phenoxy) is 1. The summed E-state index contributed by atoms with van der Waals surface area (Å²) in [6.45, 7) is 6.75. The van der Waals surface area contributed by atoms with Crippen molar-refractivity contribution in [3.8, 4) is 11.4 Å². The standard InChI is InChI=1S/C26H34N8O3S/c1-18-16-37-10-9-34(18)24-12-23(17-38-11-8-27-19(2)35)30-25(32-24)21-4-6-22(7-5-21)31-26(36)28-13-20-14-29-33(3)15-20/h4-7,12,14-15,18H,8-11,13,16-17H2,1-3H3,(H,27,35)(H2,28,31,36)/t18-/m0/s1. The Bertz CT molecular complexity index is 1230. The number of amides is 3. The molecule has 38 heavy (non-hydrogen) atoms. The number of anilines is 2. The lowest BCUT2D eigenvalue weighted by Crippen LogP contribution is -2.44. The first-order valence-corrected chi connectivity index (χ1v) is 13.7. The number of aromatic nitrogens is 4. The number of benzene rings is 1. The van der Waals surface area contributed by atoms with Crippen molar-refractivity contribution >= 4 is 35.2 Å². The molecule has 1 aliphatic heterocycles. The molecule has 3 heterocycles. The maximum absolute atomic E-state index is 12.3. The van der Waals surface area contributed by atoms with Gasteiger partial charge in [-0.15, -0.1) is 0 Å². The van der Waals surface area contributed by atoms with Crippen LogP contribution in [0.1, 0.15) is 25.1 Å². The van der Waals surface area contributed by atoms with E-state index in [4.69, 9.17) is 14.7 Å². The molecule has 0 bridgehead atoms. The second kappa shape index (κ2) is 13.2. The van der Waals surface area contributed by atoms with Crippen molar-refractivity contribution in [1.29, 1.82) is 0 Å². The molecule has 3 aromatic rings. The topological polar surface area (TPSA) is 126 Å². The zero-order valence-corrected chi connectivity index (χ0v) is 22.8. The summed E-state index contributed by atoms with van der Waals surface area (Å²) in [6, 6.07) is 9.46. The highest BCUT2D eigenvalue weighted by atomic mass is 32.2. The molecule has 202 valence electrons. The minimum absolute atomic E-state index is 0.0255. The molecule has 1 saturated heterocycles. The van der Waals surface area contributed by atoms with E-state index in [2.05, 4.69) is 32.9 Å². The van der Waals surface area contributed by atoms with Crippen LogP contribution in [0.25, 0.3) is 11.4 Å². The van der Waals surface area contributed by atoms with E-state index < -0.39 is 0 Å². The van der Waals surface area contributed by atoms with Gasteiger partial charge in [0.25, 0.3) is 0 Å². The molecule has 2 aromatic heterocycles. The second-order valence-electron chi connectivity index (χ2n) is 9.10. The summed E-state index contributed by atoms with van der Waals surface area (Å²) in [5.74, 6) is 2.98. The summed E-state index contributed by atoms with van der Waals surface area (Å²) in [7, 11) is 1.84. The molecule has 1 aliphatic rings. The number of morpholine rings is 1. The Morgan fingerprint density at radius 3 is 2.71 bits per heavy atom.